The Bertz CT molecular complexity index is 771. The molecule has 2 aromatic rings. The maximum absolute atomic E-state index is 13.9. The summed E-state index contributed by atoms with van der Waals surface area (Å²) in [5.41, 5.74) is 1.93. The summed E-state index contributed by atoms with van der Waals surface area (Å²) in [6.45, 7) is 1.52. The quantitative estimate of drug-likeness (QED) is 0.562. The van der Waals surface area contributed by atoms with Gasteiger partial charge >= 0.3 is 0 Å². The van der Waals surface area contributed by atoms with Crippen molar-refractivity contribution in [2.45, 2.75) is 12.8 Å². The van der Waals surface area contributed by atoms with Crippen molar-refractivity contribution in [3.8, 4) is 0 Å². The minimum atomic E-state index is -0.409. The molecule has 0 aliphatic carbocycles. The van der Waals surface area contributed by atoms with Gasteiger partial charge in [0, 0.05) is 33.8 Å². The smallest absolute Gasteiger partial charge is 0.227 e. The summed E-state index contributed by atoms with van der Waals surface area (Å²) < 4.78 is 14.7. The van der Waals surface area contributed by atoms with Crippen molar-refractivity contribution in [3.63, 3.8) is 0 Å². The van der Waals surface area contributed by atoms with Crippen molar-refractivity contribution >= 4 is 46.2 Å². The zero-order valence-electron chi connectivity index (χ0n) is 13.5. The molecule has 0 radical (unpaired) electrons. The van der Waals surface area contributed by atoms with Crippen molar-refractivity contribution in [1.29, 1.82) is 0 Å². The van der Waals surface area contributed by atoms with Gasteiger partial charge in [0.05, 0.1) is 5.69 Å². The van der Waals surface area contributed by atoms with Gasteiger partial charge in [0.25, 0.3) is 0 Å². The number of amides is 1. The third-order valence-corrected chi connectivity index (χ3v) is 5.12. The number of halogens is 2. The van der Waals surface area contributed by atoms with Crippen molar-refractivity contribution in [3.05, 3.63) is 57.4 Å². The van der Waals surface area contributed by atoms with E-state index in [4.69, 9.17) is 0 Å². The summed E-state index contributed by atoms with van der Waals surface area (Å²) in [7, 11) is 0. The molecule has 0 saturated carbocycles. The Hall–Kier alpha value is -1.96. The predicted octanol–water partition coefficient (Wildman–Crippen LogP) is 4.10. The van der Waals surface area contributed by atoms with Gasteiger partial charge in [-0.2, -0.15) is 0 Å². The van der Waals surface area contributed by atoms with Crippen LogP contribution in [-0.2, 0) is 4.79 Å². The molecule has 1 aliphatic heterocycles. The van der Waals surface area contributed by atoms with Gasteiger partial charge in [-0.1, -0.05) is 0 Å². The molecular weight excluding hydrogens is 434 g/mol. The maximum atomic E-state index is 13.9. The van der Waals surface area contributed by atoms with Gasteiger partial charge in [-0.3, -0.25) is 9.59 Å². The first-order valence-electron chi connectivity index (χ1n) is 8.13. The van der Waals surface area contributed by atoms with Gasteiger partial charge in [-0.25, -0.2) is 4.39 Å². The highest BCUT2D eigenvalue weighted by molar-refractivity contribution is 14.1. The normalized spacial score (nSPS) is 15.0. The molecule has 6 heteroatoms. The molecule has 2 aromatic carbocycles. The maximum Gasteiger partial charge on any atom is 0.227 e. The lowest BCUT2D eigenvalue weighted by Gasteiger charge is -2.33. The van der Waals surface area contributed by atoms with E-state index in [2.05, 4.69) is 10.2 Å². The van der Waals surface area contributed by atoms with Crippen LogP contribution in [0.1, 0.15) is 23.2 Å². The van der Waals surface area contributed by atoms with E-state index in [-0.39, 0.29) is 17.5 Å². The lowest BCUT2D eigenvalue weighted by Crippen LogP contribution is -2.38. The van der Waals surface area contributed by atoms with Gasteiger partial charge in [-0.15, -0.1) is 0 Å². The third-order valence-electron chi connectivity index (χ3n) is 4.45. The molecule has 0 spiro atoms. The van der Waals surface area contributed by atoms with E-state index < -0.39 is 5.82 Å². The Morgan fingerprint density at radius 2 is 1.84 bits per heavy atom. The van der Waals surface area contributed by atoms with Crippen LogP contribution in [0, 0.1) is 15.3 Å². The number of nitrogens with zero attached hydrogens (tertiary/aromatic N) is 1. The molecule has 1 aliphatic rings. The van der Waals surface area contributed by atoms with Crippen molar-refractivity contribution < 1.29 is 14.0 Å². The Labute approximate surface area is 159 Å². The number of carbonyl (C=O) groups is 2. The molecule has 1 fully saturated rings. The minimum Gasteiger partial charge on any atom is -0.371 e. The fourth-order valence-electron chi connectivity index (χ4n) is 2.99. The Kier molecular flexibility index (Phi) is 5.67. The summed E-state index contributed by atoms with van der Waals surface area (Å²) in [5.74, 6) is -0.659. The van der Waals surface area contributed by atoms with Gasteiger partial charge in [-0.05, 0) is 77.9 Å². The molecule has 0 unspecified atom stereocenters. The number of aldehydes is 1. The summed E-state index contributed by atoms with van der Waals surface area (Å²) in [6.07, 6.45) is 2.25. The number of nitrogens with one attached hydrogen (secondary N) is 1. The van der Waals surface area contributed by atoms with Crippen LogP contribution in [0.3, 0.4) is 0 Å². The van der Waals surface area contributed by atoms with Gasteiger partial charge in [0.1, 0.15) is 12.1 Å². The Balaban J connectivity index is 1.57. The number of anilines is 2. The first-order chi connectivity index (χ1) is 12.1. The fraction of sp³-hybridized carbons (Fsp3) is 0.263. The van der Waals surface area contributed by atoms with Crippen LogP contribution < -0.4 is 10.2 Å². The van der Waals surface area contributed by atoms with Crippen LogP contribution in [0.4, 0.5) is 15.8 Å². The van der Waals surface area contributed by atoms with Crippen molar-refractivity contribution in [2.24, 2.45) is 5.92 Å². The zero-order chi connectivity index (χ0) is 17.8. The van der Waals surface area contributed by atoms with Gasteiger partial charge in [0.15, 0.2) is 0 Å². The number of rotatable bonds is 4. The largest absolute Gasteiger partial charge is 0.371 e. The molecule has 1 amide bonds. The second-order valence-corrected chi connectivity index (χ2v) is 7.33. The molecule has 1 N–H and O–H groups in total. The average molecular weight is 452 g/mol. The highest BCUT2D eigenvalue weighted by Crippen LogP contribution is 2.25. The molecule has 1 heterocycles. The lowest BCUT2D eigenvalue weighted by molar-refractivity contribution is -0.120. The second kappa shape index (κ2) is 7.95. The highest BCUT2D eigenvalue weighted by Gasteiger charge is 2.25. The topological polar surface area (TPSA) is 49.4 Å². The zero-order valence-corrected chi connectivity index (χ0v) is 15.7. The van der Waals surface area contributed by atoms with Crippen molar-refractivity contribution in [2.75, 3.05) is 23.3 Å². The van der Waals surface area contributed by atoms with Crippen LogP contribution in [0.2, 0.25) is 0 Å². The van der Waals surface area contributed by atoms with E-state index in [1.807, 2.05) is 34.7 Å². The second-order valence-electron chi connectivity index (χ2n) is 6.08. The Morgan fingerprint density at radius 3 is 2.44 bits per heavy atom. The first kappa shape index (κ1) is 17.8. The first-order valence-corrected chi connectivity index (χ1v) is 9.21. The SMILES string of the molecule is O=Cc1ccc(N2CCC(C(=O)Nc3ccc(I)cc3F)CC2)cc1. The predicted molar refractivity (Wildman–Crippen MR) is 105 cm³/mol. The monoisotopic (exact) mass is 452 g/mol. The van der Waals surface area contributed by atoms with Gasteiger partial charge < -0.3 is 10.2 Å². The van der Waals surface area contributed by atoms with Crippen molar-refractivity contribution in [1.82, 2.24) is 0 Å². The fourth-order valence-corrected chi connectivity index (χ4v) is 3.44. The van der Waals surface area contributed by atoms with Crippen LogP contribution in [0.5, 0.6) is 0 Å². The van der Waals surface area contributed by atoms with E-state index >= 15 is 0 Å². The lowest BCUT2D eigenvalue weighted by atomic mass is 9.95. The summed E-state index contributed by atoms with van der Waals surface area (Å²) in [5, 5.41) is 2.70. The van der Waals surface area contributed by atoms with Crippen LogP contribution in [0.25, 0.3) is 0 Å². The minimum absolute atomic E-state index is 0.121. The number of benzene rings is 2. The van der Waals surface area contributed by atoms with E-state index in [1.54, 1.807) is 24.3 Å². The van der Waals surface area contributed by atoms with E-state index in [9.17, 15) is 14.0 Å². The van der Waals surface area contributed by atoms with Crippen LogP contribution in [0.15, 0.2) is 42.5 Å². The molecule has 3 rings (SSSR count). The summed E-state index contributed by atoms with van der Waals surface area (Å²) in [4.78, 5) is 25.3. The molecule has 4 nitrogen and oxygen atoms in total. The summed E-state index contributed by atoms with van der Waals surface area (Å²) in [6, 6.07) is 12.2. The molecule has 0 atom stereocenters. The molecule has 25 heavy (non-hydrogen) atoms. The number of hydrogen-bond donors (Lipinski definition) is 1. The van der Waals surface area contributed by atoms with E-state index in [0.29, 0.717) is 18.4 Å². The standard InChI is InChI=1S/C19H18FIN2O2/c20-17-11-15(21)3-6-18(17)22-19(25)14-7-9-23(10-8-14)16-4-1-13(12-24)2-5-16/h1-6,11-12,14H,7-10H2,(H,22,25). The molecule has 130 valence electrons. The third kappa shape index (κ3) is 4.36. The van der Waals surface area contributed by atoms with Crippen LogP contribution in [-0.4, -0.2) is 25.3 Å². The van der Waals surface area contributed by atoms with Crippen LogP contribution >= 0.6 is 22.6 Å². The van der Waals surface area contributed by atoms with E-state index in [1.165, 1.54) is 6.07 Å². The van der Waals surface area contributed by atoms with Gasteiger partial charge in [0.2, 0.25) is 5.91 Å². The molecular formula is C19H18FIN2O2. The summed E-state index contributed by atoms with van der Waals surface area (Å²) >= 11 is 2.03. The number of hydrogen-bond acceptors (Lipinski definition) is 3. The average Bonchev–Trinajstić information content (AvgIpc) is 2.64. The highest BCUT2D eigenvalue weighted by atomic mass is 127. The number of piperidine rings is 1. The Morgan fingerprint density at radius 1 is 1.16 bits per heavy atom. The number of carbonyl (C=O) groups excluding carboxylic acids is 2. The molecule has 1 saturated heterocycles. The molecule has 0 aromatic heterocycles. The molecule has 0 bridgehead atoms. The van der Waals surface area contributed by atoms with E-state index in [0.717, 1.165) is 28.6 Å².